The van der Waals surface area contributed by atoms with E-state index in [4.69, 9.17) is 0 Å². The summed E-state index contributed by atoms with van der Waals surface area (Å²) in [6, 6.07) is 8.47. The molecule has 1 atom stereocenters. The van der Waals surface area contributed by atoms with Gasteiger partial charge in [0.1, 0.15) is 0 Å². The van der Waals surface area contributed by atoms with Gasteiger partial charge in [-0.25, -0.2) is 4.79 Å². The number of nitrogens with one attached hydrogen (secondary N) is 1. The summed E-state index contributed by atoms with van der Waals surface area (Å²) in [7, 11) is 3.93. The zero-order chi connectivity index (χ0) is 17.5. The molecule has 7 nitrogen and oxygen atoms in total. The van der Waals surface area contributed by atoms with Crippen molar-refractivity contribution in [3.63, 3.8) is 0 Å². The molecule has 1 saturated heterocycles. The molecule has 1 aromatic rings. The van der Waals surface area contributed by atoms with E-state index in [1.807, 2.05) is 49.3 Å². The highest BCUT2D eigenvalue weighted by Crippen LogP contribution is 2.13. The molecule has 1 N–H and O–H groups in total. The van der Waals surface area contributed by atoms with E-state index in [1.54, 1.807) is 0 Å². The average molecular weight is 330 g/mol. The zero-order valence-electron chi connectivity index (χ0n) is 13.9. The Kier molecular flexibility index (Phi) is 6.20. The van der Waals surface area contributed by atoms with Gasteiger partial charge in [0.2, 0.25) is 11.8 Å². The third-order valence-electron chi connectivity index (χ3n) is 3.62. The van der Waals surface area contributed by atoms with Gasteiger partial charge in [0.25, 0.3) is 0 Å². The van der Waals surface area contributed by atoms with Crippen LogP contribution in [0.4, 0.5) is 4.79 Å². The maximum atomic E-state index is 12.5. The number of urea groups is 1. The topological polar surface area (TPSA) is 82.1 Å². The second kappa shape index (κ2) is 8.35. The molecule has 1 heterocycles. The van der Waals surface area contributed by atoms with Crippen LogP contribution in [0.15, 0.2) is 35.3 Å². The van der Waals surface area contributed by atoms with E-state index in [-0.39, 0.29) is 6.54 Å². The summed E-state index contributed by atoms with van der Waals surface area (Å²) in [6.07, 6.45) is 2.18. The first-order chi connectivity index (χ1) is 11.5. The van der Waals surface area contributed by atoms with Crippen molar-refractivity contribution in [3.8, 4) is 0 Å². The predicted octanol–water partition coefficient (Wildman–Crippen LogP) is 0.904. The summed E-state index contributed by atoms with van der Waals surface area (Å²) in [6.45, 7) is 1.53. The van der Waals surface area contributed by atoms with Gasteiger partial charge in [0, 0.05) is 12.8 Å². The molecule has 0 aliphatic carbocycles. The molecule has 128 valence electrons. The van der Waals surface area contributed by atoms with Crippen LogP contribution in [0.1, 0.15) is 12.0 Å². The predicted molar refractivity (Wildman–Crippen MR) is 90.6 cm³/mol. The summed E-state index contributed by atoms with van der Waals surface area (Å²) in [5.41, 5.74) is 0.817. The van der Waals surface area contributed by atoms with Crippen LogP contribution < -0.4 is 5.32 Å². The van der Waals surface area contributed by atoms with Crippen molar-refractivity contribution in [2.24, 2.45) is 10.9 Å². The Bertz CT molecular complexity index is 628. The number of benzene rings is 1. The van der Waals surface area contributed by atoms with E-state index in [0.29, 0.717) is 6.54 Å². The minimum atomic E-state index is -1.05. The van der Waals surface area contributed by atoms with E-state index in [2.05, 4.69) is 10.3 Å². The molecule has 7 heteroatoms. The van der Waals surface area contributed by atoms with Crippen LogP contribution in [0.3, 0.4) is 0 Å². The molecule has 0 saturated carbocycles. The van der Waals surface area contributed by atoms with Gasteiger partial charge in [-0.1, -0.05) is 30.3 Å². The fraction of sp³-hybridized carbons (Fsp3) is 0.412. The lowest BCUT2D eigenvalue weighted by Crippen LogP contribution is -2.57. The minimum absolute atomic E-state index is 0.129. The van der Waals surface area contributed by atoms with E-state index in [9.17, 15) is 14.4 Å². The first kappa shape index (κ1) is 17.8. The molecule has 0 spiro atoms. The number of carbonyl (C=O) groups is 3. The van der Waals surface area contributed by atoms with Gasteiger partial charge < -0.3 is 4.90 Å². The Balaban J connectivity index is 2.01. The quantitative estimate of drug-likeness (QED) is 0.457. The van der Waals surface area contributed by atoms with Crippen LogP contribution in [0.25, 0.3) is 0 Å². The van der Waals surface area contributed by atoms with Gasteiger partial charge in [0.05, 0.1) is 6.54 Å². The van der Waals surface area contributed by atoms with Gasteiger partial charge in [-0.05, 0) is 32.6 Å². The van der Waals surface area contributed by atoms with Crippen LogP contribution in [-0.4, -0.2) is 61.0 Å². The van der Waals surface area contributed by atoms with Crippen molar-refractivity contribution in [2.45, 2.75) is 13.0 Å². The normalized spacial score (nSPS) is 18.5. The van der Waals surface area contributed by atoms with Gasteiger partial charge in [0.15, 0.2) is 5.92 Å². The monoisotopic (exact) mass is 330 g/mol. The Morgan fingerprint density at radius 1 is 1.21 bits per heavy atom. The van der Waals surface area contributed by atoms with Gasteiger partial charge in [-0.2, -0.15) is 0 Å². The van der Waals surface area contributed by atoms with E-state index in [1.165, 1.54) is 6.21 Å². The third-order valence-corrected chi connectivity index (χ3v) is 3.62. The molecule has 4 amide bonds. The second-order valence-corrected chi connectivity index (χ2v) is 5.89. The maximum absolute atomic E-state index is 12.5. The summed E-state index contributed by atoms with van der Waals surface area (Å²) >= 11 is 0. The molecule has 1 fully saturated rings. The van der Waals surface area contributed by atoms with Crippen molar-refractivity contribution < 1.29 is 14.4 Å². The number of imide groups is 2. The van der Waals surface area contributed by atoms with Gasteiger partial charge in [-0.15, -0.1) is 0 Å². The Morgan fingerprint density at radius 2 is 1.92 bits per heavy atom. The van der Waals surface area contributed by atoms with Crippen LogP contribution in [0.5, 0.6) is 0 Å². The number of barbiturate groups is 1. The smallest absolute Gasteiger partial charge is 0.309 e. The molecule has 1 aliphatic rings. The number of nitrogens with zero attached hydrogens (tertiary/aromatic N) is 3. The zero-order valence-corrected chi connectivity index (χ0v) is 13.9. The number of amides is 4. The number of rotatable bonds is 7. The summed E-state index contributed by atoms with van der Waals surface area (Å²) in [5.74, 6) is -2.21. The minimum Gasteiger partial charge on any atom is -0.309 e. The Morgan fingerprint density at radius 3 is 2.58 bits per heavy atom. The molecule has 1 aromatic carbocycles. The number of aliphatic imine (C=N–C) groups is 1. The SMILES string of the molecule is CN(C)CCCN=CC1C(=O)NC(=O)N(Cc2ccccc2)C1=O. The summed E-state index contributed by atoms with van der Waals surface area (Å²) in [4.78, 5) is 43.6. The number of hydrogen-bond donors (Lipinski definition) is 1. The molecule has 0 aromatic heterocycles. The van der Waals surface area contributed by atoms with Crippen molar-refractivity contribution >= 4 is 24.1 Å². The van der Waals surface area contributed by atoms with E-state index in [0.717, 1.165) is 23.4 Å². The van der Waals surface area contributed by atoms with Gasteiger partial charge in [-0.3, -0.25) is 24.8 Å². The molecule has 2 rings (SSSR count). The lowest BCUT2D eigenvalue weighted by atomic mass is 10.1. The number of hydrogen-bond acceptors (Lipinski definition) is 5. The fourth-order valence-electron chi connectivity index (χ4n) is 2.34. The molecular formula is C17H22N4O3. The molecule has 1 unspecified atom stereocenters. The Hall–Kier alpha value is -2.54. The van der Waals surface area contributed by atoms with Crippen LogP contribution in [-0.2, 0) is 16.1 Å². The standard InChI is InChI=1S/C17H22N4O3/c1-20(2)10-6-9-18-11-14-15(22)19-17(24)21(16(14)23)12-13-7-4-3-5-8-13/h3-5,7-8,11,14H,6,9-10,12H2,1-2H3,(H,19,22,24). The first-order valence-corrected chi connectivity index (χ1v) is 7.84. The van der Waals surface area contributed by atoms with Crippen LogP contribution >= 0.6 is 0 Å². The van der Waals surface area contributed by atoms with Crippen LogP contribution in [0, 0.1) is 5.92 Å². The lowest BCUT2D eigenvalue weighted by molar-refractivity contribution is -0.139. The second-order valence-electron chi connectivity index (χ2n) is 5.89. The van der Waals surface area contributed by atoms with Crippen molar-refractivity contribution in [3.05, 3.63) is 35.9 Å². The summed E-state index contributed by atoms with van der Waals surface area (Å²) < 4.78 is 0. The van der Waals surface area contributed by atoms with E-state index >= 15 is 0 Å². The first-order valence-electron chi connectivity index (χ1n) is 7.84. The fourth-order valence-corrected chi connectivity index (χ4v) is 2.34. The molecule has 0 radical (unpaired) electrons. The van der Waals surface area contributed by atoms with Crippen molar-refractivity contribution in [1.29, 1.82) is 0 Å². The summed E-state index contributed by atoms with van der Waals surface area (Å²) in [5, 5.41) is 2.22. The average Bonchev–Trinajstić information content (AvgIpc) is 2.54. The molecular weight excluding hydrogens is 308 g/mol. The third kappa shape index (κ3) is 4.73. The molecule has 24 heavy (non-hydrogen) atoms. The van der Waals surface area contributed by atoms with Gasteiger partial charge >= 0.3 is 6.03 Å². The number of carbonyl (C=O) groups excluding carboxylic acids is 3. The Labute approximate surface area is 141 Å². The van der Waals surface area contributed by atoms with Crippen LogP contribution in [0.2, 0.25) is 0 Å². The van der Waals surface area contributed by atoms with Crippen molar-refractivity contribution in [2.75, 3.05) is 27.2 Å². The largest absolute Gasteiger partial charge is 0.331 e. The molecule has 0 bridgehead atoms. The highest BCUT2D eigenvalue weighted by Gasteiger charge is 2.39. The van der Waals surface area contributed by atoms with E-state index < -0.39 is 23.8 Å². The highest BCUT2D eigenvalue weighted by molar-refractivity contribution is 6.23. The van der Waals surface area contributed by atoms with Crippen molar-refractivity contribution in [1.82, 2.24) is 15.1 Å². The molecule has 1 aliphatic heterocycles. The highest BCUT2D eigenvalue weighted by atomic mass is 16.2. The lowest BCUT2D eigenvalue weighted by Gasteiger charge is -2.28. The maximum Gasteiger partial charge on any atom is 0.331 e.